The van der Waals surface area contributed by atoms with E-state index in [2.05, 4.69) is 38.1 Å². The minimum Gasteiger partial charge on any atom is -0.493 e. The summed E-state index contributed by atoms with van der Waals surface area (Å²) in [5.74, 6) is -1.34. The van der Waals surface area contributed by atoms with Gasteiger partial charge < -0.3 is 35.2 Å². The highest BCUT2D eigenvalue weighted by Gasteiger charge is 2.34. The van der Waals surface area contributed by atoms with Crippen LogP contribution in [0, 0.1) is 23.0 Å². The summed E-state index contributed by atoms with van der Waals surface area (Å²) >= 11 is 0.961. The molecular formula is C36H37F2N9O4S. The number of benzene rings is 1. The van der Waals surface area contributed by atoms with E-state index in [-0.39, 0.29) is 28.4 Å². The number of anilines is 5. The summed E-state index contributed by atoms with van der Waals surface area (Å²) in [5.41, 5.74) is 0.709. The van der Waals surface area contributed by atoms with E-state index in [1.54, 1.807) is 23.2 Å². The van der Waals surface area contributed by atoms with Crippen molar-refractivity contribution in [2.24, 2.45) is 0 Å². The van der Waals surface area contributed by atoms with Gasteiger partial charge in [-0.3, -0.25) is 9.59 Å². The summed E-state index contributed by atoms with van der Waals surface area (Å²) in [6, 6.07) is 10.8. The number of nitriles is 1. The predicted octanol–water partition coefficient (Wildman–Crippen LogP) is 5.35. The number of pyridine rings is 2. The number of piperazine rings is 1. The number of ether oxygens (including phenoxy) is 1. The molecule has 0 radical (unpaired) electrons. The Hall–Kier alpha value is -5.66. The molecule has 2 fully saturated rings. The van der Waals surface area contributed by atoms with Crippen LogP contribution in [-0.2, 0) is 4.79 Å². The maximum absolute atomic E-state index is 14.1. The number of hydrogen-bond acceptors (Lipinski definition) is 12. The highest BCUT2D eigenvalue weighted by Crippen LogP contribution is 2.38. The number of hydrogen-bond donors (Lipinski definition) is 3. The van der Waals surface area contributed by atoms with Gasteiger partial charge in [-0.2, -0.15) is 5.26 Å². The van der Waals surface area contributed by atoms with E-state index in [4.69, 9.17) is 14.7 Å². The van der Waals surface area contributed by atoms with E-state index < -0.39 is 28.8 Å². The Morgan fingerprint density at radius 1 is 1.15 bits per heavy atom. The second-order valence-electron chi connectivity index (χ2n) is 12.7. The van der Waals surface area contributed by atoms with Crippen LogP contribution >= 0.6 is 11.3 Å². The first-order chi connectivity index (χ1) is 25.0. The van der Waals surface area contributed by atoms with Crippen LogP contribution < -0.4 is 25.2 Å². The van der Waals surface area contributed by atoms with Crippen molar-refractivity contribution in [3.05, 3.63) is 78.0 Å². The first-order valence-corrected chi connectivity index (χ1v) is 17.4. The summed E-state index contributed by atoms with van der Waals surface area (Å²) in [6.45, 7) is 7.86. The third kappa shape index (κ3) is 7.80. The molecule has 0 spiro atoms. The molecule has 1 aromatic carbocycles. The molecule has 52 heavy (non-hydrogen) atoms. The fraction of sp³-hybridized carbons (Fsp3) is 0.333. The lowest BCUT2D eigenvalue weighted by Gasteiger charge is -2.44. The van der Waals surface area contributed by atoms with Crippen molar-refractivity contribution < 1.29 is 28.2 Å². The van der Waals surface area contributed by atoms with E-state index in [1.807, 2.05) is 13.0 Å². The number of carbonyl (C=O) groups excluding carboxylic acids is 2. The number of thiazole rings is 1. The van der Waals surface area contributed by atoms with E-state index >= 15 is 0 Å². The second kappa shape index (κ2) is 15.3. The highest BCUT2D eigenvalue weighted by molar-refractivity contribution is 7.17. The number of rotatable bonds is 10. The van der Waals surface area contributed by atoms with Crippen molar-refractivity contribution >= 4 is 51.3 Å². The molecule has 3 aromatic heterocycles. The van der Waals surface area contributed by atoms with Crippen molar-refractivity contribution in [3.63, 3.8) is 0 Å². The van der Waals surface area contributed by atoms with Crippen molar-refractivity contribution in [3.8, 4) is 23.1 Å². The Balaban J connectivity index is 1.30. The monoisotopic (exact) mass is 729 g/mol. The first kappa shape index (κ1) is 36.1. The summed E-state index contributed by atoms with van der Waals surface area (Å²) in [7, 11) is 1.49. The van der Waals surface area contributed by atoms with Crippen LogP contribution in [0.3, 0.4) is 0 Å². The Bertz CT molecular complexity index is 2000. The number of piperidine rings is 1. The standard InChI is InChI=1S/C36H37F2N9O4S/c1-4-30(48)46-16-17-47(23(21-46)10-13-39)33-27(45-14-11-36(2,50)12-15-45)18-22(19-40-33)26-8-9-28(51-3)32(42-26)44-35-41-20-29(52-35)34(49)43-31-24(37)6-5-7-25(31)38/h4-9,18-20,23,50H,1,10-12,14-17,21H2,2-3H3,(H,43,49)(H,41,42,44). The van der Waals surface area contributed by atoms with Crippen LogP contribution in [0.2, 0.25) is 0 Å². The fourth-order valence-electron chi connectivity index (χ4n) is 6.20. The number of nitrogens with zero attached hydrogens (tertiary/aromatic N) is 7. The topological polar surface area (TPSA) is 160 Å². The molecule has 0 aliphatic carbocycles. The van der Waals surface area contributed by atoms with Gasteiger partial charge in [0.15, 0.2) is 22.5 Å². The van der Waals surface area contributed by atoms with Gasteiger partial charge in [-0.05, 0) is 56.2 Å². The van der Waals surface area contributed by atoms with Crippen molar-refractivity contribution in [2.45, 2.75) is 37.8 Å². The SMILES string of the molecule is C=CC(=O)N1CCN(c2ncc(-c3ccc(OC)c(Nc4ncc(C(=O)Nc5c(F)cccc5F)s4)n3)cc2N2CCC(C)(O)CC2)C(CC#N)C1. The molecule has 5 heterocycles. The Morgan fingerprint density at radius 2 is 1.90 bits per heavy atom. The zero-order chi connectivity index (χ0) is 37.0. The molecule has 3 N–H and O–H groups in total. The average molecular weight is 730 g/mol. The summed E-state index contributed by atoms with van der Waals surface area (Å²) in [4.78, 5) is 45.3. The minimum atomic E-state index is -0.899. The Morgan fingerprint density at radius 3 is 2.60 bits per heavy atom. The molecule has 2 aliphatic heterocycles. The number of carbonyl (C=O) groups is 2. The summed E-state index contributed by atoms with van der Waals surface area (Å²) in [5, 5.41) is 26.0. The minimum absolute atomic E-state index is 0.106. The molecule has 2 amide bonds. The van der Waals surface area contributed by atoms with Gasteiger partial charge in [0.2, 0.25) is 5.91 Å². The van der Waals surface area contributed by atoms with Crippen LogP contribution in [0.5, 0.6) is 5.75 Å². The number of halogens is 2. The van der Waals surface area contributed by atoms with Crippen LogP contribution in [0.1, 0.15) is 35.9 Å². The normalized spacial score (nSPS) is 16.9. The Labute approximate surface area is 303 Å². The molecule has 13 nitrogen and oxygen atoms in total. The maximum atomic E-state index is 14.1. The first-order valence-electron chi connectivity index (χ1n) is 16.6. The van der Waals surface area contributed by atoms with Crippen molar-refractivity contribution in [1.29, 1.82) is 5.26 Å². The molecule has 16 heteroatoms. The molecule has 1 unspecified atom stereocenters. The van der Waals surface area contributed by atoms with Crippen LogP contribution in [-0.4, -0.2) is 88.2 Å². The molecule has 1 atom stereocenters. The Kier molecular flexibility index (Phi) is 10.6. The number of amides is 2. The molecular weight excluding hydrogens is 693 g/mol. The quantitative estimate of drug-likeness (QED) is 0.181. The van der Waals surface area contributed by atoms with Gasteiger partial charge >= 0.3 is 0 Å². The van der Waals surface area contributed by atoms with Crippen molar-refractivity contribution in [2.75, 3.05) is 60.3 Å². The molecule has 0 saturated carbocycles. The number of nitrogens with one attached hydrogen (secondary N) is 2. The molecule has 0 bridgehead atoms. The van der Waals surface area contributed by atoms with Gasteiger partial charge in [-0.15, -0.1) is 0 Å². The third-order valence-electron chi connectivity index (χ3n) is 9.13. The van der Waals surface area contributed by atoms with Gasteiger partial charge in [0.25, 0.3) is 5.91 Å². The van der Waals surface area contributed by atoms with E-state index in [0.29, 0.717) is 74.2 Å². The lowest BCUT2D eigenvalue weighted by Crippen LogP contribution is -2.55. The van der Waals surface area contributed by atoms with Crippen LogP contribution in [0.25, 0.3) is 11.3 Å². The van der Waals surface area contributed by atoms with Crippen LogP contribution in [0.4, 0.5) is 36.9 Å². The zero-order valence-corrected chi connectivity index (χ0v) is 29.4. The lowest BCUT2D eigenvalue weighted by molar-refractivity contribution is -0.126. The zero-order valence-electron chi connectivity index (χ0n) is 28.6. The smallest absolute Gasteiger partial charge is 0.267 e. The van der Waals surface area contributed by atoms with Gasteiger partial charge in [0, 0.05) is 44.5 Å². The fourth-order valence-corrected chi connectivity index (χ4v) is 6.92. The molecule has 270 valence electrons. The number of para-hydroxylation sites is 1. The molecule has 6 rings (SSSR count). The average Bonchev–Trinajstić information content (AvgIpc) is 3.61. The van der Waals surface area contributed by atoms with Crippen LogP contribution in [0.15, 0.2) is 61.4 Å². The maximum Gasteiger partial charge on any atom is 0.267 e. The molecule has 4 aromatic rings. The van der Waals surface area contributed by atoms with Crippen molar-refractivity contribution in [1.82, 2.24) is 19.9 Å². The van der Waals surface area contributed by atoms with E-state index in [1.165, 1.54) is 25.4 Å². The number of aromatic nitrogens is 3. The van der Waals surface area contributed by atoms with E-state index in [9.17, 15) is 28.7 Å². The third-order valence-corrected chi connectivity index (χ3v) is 10.0. The van der Waals surface area contributed by atoms with Gasteiger partial charge in [0.1, 0.15) is 22.2 Å². The highest BCUT2D eigenvalue weighted by atomic mass is 32.1. The molecule has 2 saturated heterocycles. The predicted molar refractivity (Wildman–Crippen MR) is 194 cm³/mol. The largest absolute Gasteiger partial charge is 0.493 e. The second-order valence-corrected chi connectivity index (χ2v) is 13.7. The molecule has 2 aliphatic rings. The summed E-state index contributed by atoms with van der Waals surface area (Å²) in [6.07, 6.45) is 5.57. The van der Waals surface area contributed by atoms with Gasteiger partial charge in [0.05, 0.1) is 48.8 Å². The number of methoxy groups -OCH3 is 1. The van der Waals surface area contributed by atoms with E-state index in [0.717, 1.165) is 29.2 Å². The van der Waals surface area contributed by atoms with Gasteiger partial charge in [-0.1, -0.05) is 24.0 Å². The summed E-state index contributed by atoms with van der Waals surface area (Å²) < 4.78 is 33.8. The van der Waals surface area contributed by atoms with Gasteiger partial charge in [-0.25, -0.2) is 23.7 Å². The lowest BCUT2D eigenvalue weighted by atomic mass is 9.93. The number of aliphatic hydroxyl groups is 1.